The molecule has 0 amide bonds. The molecule has 0 spiro atoms. The Morgan fingerprint density at radius 3 is 2.45 bits per heavy atom. The summed E-state index contributed by atoms with van der Waals surface area (Å²) in [4.78, 5) is 19.1. The first-order valence-electron chi connectivity index (χ1n) is 8.84. The van der Waals surface area contributed by atoms with Gasteiger partial charge in [0.1, 0.15) is 5.69 Å². The van der Waals surface area contributed by atoms with Crippen LogP contribution in [0.3, 0.4) is 0 Å². The van der Waals surface area contributed by atoms with Crippen LogP contribution in [0.25, 0.3) is 32.4 Å². The Balaban J connectivity index is 0.000000189. The summed E-state index contributed by atoms with van der Waals surface area (Å²) < 4.78 is 4.43. The van der Waals surface area contributed by atoms with Crippen molar-refractivity contribution in [1.29, 1.82) is 0 Å². The van der Waals surface area contributed by atoms with E-state index in [1.807, 2.05) is 24.4 Å². The number of fused-ring (bicyclic) bond motifs is 5. The Kier molecular flexibility index (Phi) is 6.65. The third-order valence-electron chi connectivity index (χ3n) is 4.45. The number of methoxy groups -OCH3 is 1. The van der Waals surface area contributed by atoms with Crippen LogP contribution in [0.2, 0.25) is 0 Å². The summed E-state index contributed by atoms with van der Waals surface area (Å²) in [6.07, 6.45) is 3.49. The van der Waals surface area contributed by atoms with E-state index in [0.717, 1.165) is 10.9 Å². The summed E-state index contributed by atoms with van der Waals surface area (Å²) in [6.45, 7) is 0. The van der Waals surface area contributed by atoms with Gasteiger partial charge >= 0.3 is 5.97 Å². The average Bonchev–Trinajstić information content (AvgIpc) is 2.79. The van der Waals surface area contributed by atoms with Crippen molar-refractivity contribution in [1.82, 2.24) is 9.97 Å². The Labute approximate surface area is 181 Å². The molecule has 2 aromatic heterocycles. The molecule has 0 aliphatic heterocycles. The summed E-state index contributed by atoms with van der Waals surface area (Å²) in [7, 11) is 1.33. The van der Waals surface area contributed by atoms with Gasteiger partial charge in [-0.25, -0.2) is 9.78 Å². The van der Waals surface area contributed by atoms with E-state index in [-0.39, 0.29) is 20.1 Å². The van der Waals surface area contributed by atoms with Crippen molar-refractivity contribution in [2.24, 2.45) is 0 Å². The van der Waals surface area contributed by atoms with E-state index in [4.69, 9.17) is 0 Å². The molecule has 4 nitrogen and oxygen atoms in total. The van der Waals surface area contributed by atoms with Gasteiger partial charge in [0, 0.05) is 32.5 Å². The molecule has 0 bridgehead atoms. The molecule has 145 valence electrons. The van der Waals surface area contributed by atoms with Gasteiger partial charge in [0.15, 0.2) is 0 Å². The Hall–Kier alpha value is -3.14. The van der Waals surface area contributed by atoms with E-state index in [1.54, 1.807) is 24.4 Å². The number of esters is 1. The maximum absolute atomic E-state index is 10.7. The molecule has 5 heteroatoms. The summed E-state index contributed by atoms with van der Waals surface area (Å²) in [5.74, 6) is -0.402. The predicted octanol–water partition coefficient (Wildman–Crippen LogP) is 5.21. The molecular formula is C24H17IrN2O2-. The van der Waals surface area contributed by atoms with E-state index in [9.17, 15) is 4.79 Å². The van der Waals surface area contributed by atoms with Gasteiger partial charge in [0.05, 0.1) is 7.11 Å². The number of hydrogen-bond acceptors (Lipinski definition) is 4. The van der Waals surface area contributed by atoms with Crippen LogP contribution in [0.1, 0.15) is 10.5 Å². The predicted molar refractivity (Wildman–Crippen MR) is 111 cm³/mol. The van der Waals surface area contributed by atoms with Crippen molar-refractivity contribution < 1.29 is 29.6 Å². The third kappa shape index (κ3) is 4.32. The van der Waals surface area contributed by atoms with Crippen molar-refractivity contribution in [2.45, 2.75) is 0 Å². The Morgan fingerprint density at radius 1 is 0.862 bits per heavy atom. The van der Waals surface area contributed by atoms with Crippen LogP contribution < -0.4 is 0 Å². The van der Waals surface area contributed by atoms with Gasteiger partial charge in [-0.05, 0) is 33.8 Å². The zero-order valence-corrected chi connectivity index (χ0v) is 18.0. The molecule has 0 atom stereocenters. The number of pyridine rings is 2. The molecule has 0 N–H and O–H groups in total. The molecule has 5 aromatic rings. The zero-order valence-electron chi connectivity index (χ0n) is 15.6. The fourth-order valence-corrected chi connectivity index (χ4v) is 3.11. The molecule has 5 rings (SSSR count). The second-order valence-corrected chi connectivity index (χ2v) is 6.15. The quantitative estimate of drug-likeness (QED) is 0.161. The summed E-state index contributed by atoms with van der Waals surface area (Å²) >= 11 is 0. The van der Waals surface area contributed by atoms with Crippen LogP contribution in [-0.4, -0.2) is 23.0 Å². The van der Waals surface area contributed by atoms with Gasteiger partial charge < -0.3 is 9.72 Å². The summed E-state index contributed by atoms with van der Waals surface area (Å²) in [5.41, 5.74) is 1.37. The van der Waals surface area contributed by atoms with Crippen molar-refractivity contribution >= 4 is 38.4 Å². The summed E-state index contributed by atoms with van der Waals surface area (Å²) in [5, 5.41) is 5.92. The fraction of sp³-hybridized carbons (Fsp3) is 0.0417. The molecule has 2 heterocycles. The van der Waals surface area contributed by atoms with E-state index >= 15 is 0 Å². The van der Waals surface area contributed by atoms with E-state index in [1.165, 1.54) is 28.7 Å². The molecule has 3 aromatic carbocycles. The number of carbonyl (C=O) groups is 1. The summed E-state index contributed by atoms with van der Waals surface area (Å²) in [6, 6.07) is 27.1. The standard InChI is InChI=1S/C17H10N.C7H7NO2.Ir/c1-4-8-15-12(5-1)9-10-16-14-7-3-2-6-13(14)11-18-17(15)16;1-10-7(9)6-4-2-3-5-8-6;/h1-7,9-11H;2-5H,1H3;/q-1;;. The number of ether oxygens (including phenoxy) is 1. The molecule has 0 saturated heterocycles. The maximum atomic E-state index is 10.7. The van der Waals surface area contributed by atoms with Crippen molar-refractivity contribution in [2.75, 3.05) is 7.11 Å². The van der Waals surface area contributed by atoms with Crippen LogP contribution in [0.4, 0.5) is 0 Å². The first-order valence-corrected chi connectivity index (χ1v) is 8.84. The van der Waals surface area contributed by atoms with Gasteiger partial charge in [-0.2, -0.15) is 0 Å². The first-order chi connectivity index (χ1) is 13.8. The minimum atomic E-state index is -0.402. The van der Waals surface area contributed by atoms with Crippen LogP contribution in [0, 0.1) is 6.07 Å². The van der Waals surface area contributed by atoms with Gasteiger partial charge in [-0.1, -0.05) is 42.5 Å². The molecule has 0 unspecified atom stereocenters. The van der Waals surface area contributed by atoms with Crippen molar-refractivity contribution in [3.05, 3.63) is 97.0 Å². The van der Waals surface area contributed by atoms with E-state index in [0.29, 0.717) is 5.69 Å². The number of carbonyl (C=O) groups excluding carboxylic acids is 1. The normalized spacial score (nSPS) is 10.1. The van der Waals surface area contributed by atoms with Gasteiger partial charge in [0.2, 0.25) is 0 Å². The van der Waals surface area contributed by atoms with Crippen molar-refractivity contribution in [3.63, 3.8) is 0 Å². The number of benzene rings is 3. The zero-order chi connectivity index (χ0) is 19.3. The molecule has 0 saturated carbocycles. The molecule has 0 aliphatic rings. The third-order valence-corrected chi connectivity index (χ3v) is 4.45. The Bertz CT molecular complexity index is 1200. The van der Waals surface area contributed by atoms with Crippen LogP contribution in [-0.2, 0) is 24.8 Å². The minimum absolute atomic E-state index is 0. The average molecular weight is 558 g/mol. The van der Waals surface area contributed by atoms with Crippen LogP contribution >= 0.6 is 0 Å². The number of nitrogens with zero attached hydrogens (tertiary/aromatic N) is 2. The van der Waals surface area contributed by atoms with Crippen LogP contribution in [0.5, 0.6) is 0 Å². The SMILES string of the molecule is COC(=O)c1ccccn1.[Ir].[c-]1cccc2ccc3c4ccccc4cnc3c12. The number of hydrogen-bond donors (Lipinski definition) is 0. The van der Waals surface area contributed by atoms with Gasteiger partial charge in [-0.3, -0.25) is 0 Å². The minimum Gasteiger partial charge on any atom is -0.464 e. The molecule has 29 heavy (non-hydrogen) atoms. The molecule has 0 fully saturated rings. The maximum Gasteiger partial charge on any atom is 0.356 e. The van der Waals surface area contributed by atoms with E-state index in [2.05, 4.69) is 57.2 Å². The second-order valence-electron chi connectivity index (χ2n) is 6.15. The largest absolute Gasteiger partial charge is 0.464 e. The first kappa shape index (κ1) is 20.6. The van der Waals surface area contributed by atoms with Gasteiger partial charge in [0.25, 0.3) is 0 Å². The smallest absolute Gasteiger partial charge is 0.356 e. The number of rotatable bonds is 1. The van der Waals surface area contributed by atoms with Crippen LogP contribution in [0.15, 0.2) is 85.2 Å². The Morgan fingerprint density at radius 2 is 1.66 bits per heavy atom. The second kappa shape index (κ2) is 9.37. The monoisotopic (exact) mass is 558 g/mol. The topological polar surface area (TPSA) is 52.1 Å². The fourth-order valence-electron chi connectivity index (χ4n) is 3.11. The van der Waals surface area contributed by atoms with Gasteiger partial charge in [-0.15, -0.1) is 35.0 Å². The molecule has 0 aliphatic carbocycles. The molecular weight excluding hydrogens is 540 g/mol. The van der Waals surface area contributed by atoms with E-state index < -0.39 is 5.97 Å². The molecule has 1 radical (unpaired) electrons. The van der Waals surface area contributed by atoms with Crippen molar-refractivity contribution in [3.8, 4) is 0 Å². The number of aromatic nitrogens is 2.